The molecule has 2 rings (SSSR count). The van der Waals surface area contributed by atoms with E-state index in [0.29, 0.717) is 5.91 Å². The number of carbonyl (C=O) groups excluding carboxylic acids is 1. The zero-order valence-electron chi connectivity index (χ0n) is 10.1. The predicted octanol–water partition coefficient (Wildman–Crippen LogP) is 1.81. The molecule has 1 aliphatic heterocycles. The van der Waals surface area contributed by atoms with Crippen LogP contribution in [-0.2, 0) is 4.79 Å². The van der Waals surface area contributed by atoms with Crippen molar-refractivity contribution in [3.63, 3.8) is 0 Å². The molecule has 0 aromatic rings. The second-order valence-electron chi connectivity index (χ2n) is 5.02. The first-order chi connectivity index (χ1) is 7.27. The van der Waals surface area contributed by atoms with E-state index in [2.05, 4.69) is 5.32 Å². The summed E-state index contributed by atoms with van der Waals surface area (Å²) in [4.78, 5) is 14.0. The molecule has 1 saturated carbocycles. The third-order valence-corrected chi connectivity index (χ3v) is 3.74. The SMILES string of the molecule is CN(CC1CCC1)C(=O)[C@@H]1CCCCN1.Cl. The molecular weight excluding hydrogens is 224 g/mol. The van der Waals surface area contributed by atoms with Gasteiger partial charge in [0.25, 0.3) is 0 Å². The second kappa shape index (κ2) is 6.45. The van der Waals surface area contributed by atoms with Gasteiger partial charge in [0.15, 0.2) is 0 Å². The van der Waals surface area contributed by atoms with E-state index >= 15 is 0 Å². The van der Waals surface area contributed by atoms with Crippen LogP contribution in [0.1, 0.15) is 38.5 Å². The van der Waals surface area contributed by atoms with Gasteiger partial charge in [-0.1, -0.05) is 12.8 Å². The molecule has 1 amide bonds. The monoisotopic (exact) mass is 246 g/mol. The Balaban J connectivity index is 0.00000128. The van der Waals surface area contributed by atoms with Crippen LogP contribution in [-0.4, -0.2) is 37.0 Å². The van der Waals surface area contributed by atoms with Gasteiger partial charge in [0, 0.05) is 13.6 Å². The maximum absolute atomic E-state index is 12.0. The van der Waals surface area contributed by atoms with E-state index in [9.17, 15) is 4.79 Å². The molecule has 94 valence electrons. The lowest BCUT2D eigenvalue weighted by Crippen LogP contribution is -2.48. The van der Waals surface area contributed by atoms with Gasteiger partial charge in [-0.25, -0.2) is 0 Å². The summed E-state index contributed by atoms with van der Waals surface area (Å²) in [7, 11) is 1.96. The normalized spacial score (nSPS) is 25.4. The highest BCUT2D eigenvalue weighted by atomic mass is 35.5. The van der Waals surface area contributed by atoms with Crippen molar-refractivity contribution < 1.29 is 4.79 Å². The first-order valence-corrected chi connectivity index (χ1v) is 6.26. The smallest absolute Gasteiger partial charge is 0.239 e. The Bertz CT molecular complexity index is 225. The van der Waals surface area contributed by atoms with Crippen LogP contribution in [0.3, 0.4) is 0 Å². The average molecular weight is 247 g/mol. The van der Waals surface area contributed by atoms with Gasteiger partial charge in [-0.15, -0.1) is 12.4 Å². The number of hydrogen-bond donors (Lipinski definition) is 1. The molecular formula is C12H23ClN2O. The number of piperidine rings is 1. The second-order valence-corrected chi connectivity index (χ2v) is 5.02. The molecule has 4 heteroatoms. The third kappa shape index (κ3) is 3.36. The van der Waals surface area contributed by atoms with Crippen LogP contribution >= 0.6 is 12.4 Å². The van der Waals surface area contributed by atoms with Crippen molar-refractivity contribution in [1.82, 2.24) is 10.2 Å². The van der Waals surface area contributed by atoms with E-state index in [4.69, 9.17) is 0 Å². The van der Waals surface area contributed by atoms with E-state index in [0.717, 1.165) is 25.4 Å². The van der Waals surface area contributed by atoms with Crippen LogP contribution in [0.25, 0.3) is 0 Å². The van der Waals surface area contributed by atoms with E-state index in [1.807, 2.05) is 11.9 Å². The van der Waals surface area contributed by atoms with Crippen LogP contribution in [0.5, 0.6) is 0 Å². The Morgan fingerprint density at radius 1 is 1.25 bits per heavy atom. The Morgan fingerprint density at radius 3 is 2.50 bits per heavy atom. The van der Waals surface area contributed by atoms with Gasteiger partial charge in [0.05, 0.1) is 6.04 Å². The standard InChI is InChI=1S/C12H22N2O.ClH/c1-14(9-10-5-4-6-10)12(15)11-7-2-3-8-13-11;/h10-11,13H,2-9H2,1H3;1H/t11-;/m0./s1. The van der Waals surface area contributed by atoms with Gasteiger partial charge in [0.2, 0.25) is 5.91 Å². The number of likely N-dealkylation sites (N-methyl/N-ethyl adjacent to an activating group) is 1. The molecule has 0 bridgehead atoms. The van der Waals surface area contributed by atoms with Crippen molar-refractivity contribution in [3.8, 4) is 0 Å². The molecule has 1 aliphatic carbocycles. The Labute approximate surface area is 104 Å². The highest BCUT2D eigenvalue weighted by Crippen LogP contribution is 2.27. The summed E-state index contributed by atoms with van der Waals surface area (Å²) in [5.74, 6) is 1.09. The maximum atomic E-state index is 12.0. The lowest BCUT2D eigenvalue weighted by Gasteiger charge is -2.33. The Kier molecular flexibility index (Phi) is 5.56. The zero-order chi connectivity index (χ0) is 10.7. The molecule has 0 aromatic carbocycles. The molecule has 16 heavy (non-hydrogen) atoms. The molecule has 2 aliphatic rings. The van der Waals surface area contributed by atoms with Gasteiger partial charge < -0.3 is 10.2 Å². The number of amides is 1. The van der Waals surface area contributed by atoms with Crippen LogP contribution < -0.4 is 5.32 Å². The topological polar surface area (TPSA) is 32.3 Å². The van der Waals surface area contributed by atoms with E-state index in [1.54, 1.807) is 0 Å². The van der Waals surface area contributed by atoms with Crippen LogP contribution in [0.2, 0.25) is 0 Å². The van der Waals surface area contributed by atoms with Gasteiger partial charge in [-0.05, 0) is 38.1 Å². The van der Waals surface area contributed by atoms with Crippen molar-refractivity contribution >= 4 is 18.3 Å². The molecule has 0 unspecified atom stereocenters. The fraction of sp³-hybridized carbons (Fsp3) is 0.917. The van der Waals surface area contributed by atoms with Crippen LogP contribution in [0.4, 0.5) is 0 Å². The molecule has 1 N–H and O–H groups in total. The van der Waals surface area contributed by atoms with Gasteiger partial charge >= 0.3 is 0 Å². The number of halogens is 1. The van der Waals surface area contributed by atoms with Gasteiger partial charge in [-0.2, -0.15) is 0 Å². The van der Waals surface area contributed by atoms with E-state index < -0.39 is 0 Å². The minimum Gasteiger partial charge on any atom is -0.344 e. The minimum absolute atomic E-state index is 0. The number of hydrogen-bond acceptors (Lipinski definition) is 2. The Morgan fingerprint density at radius 2 is 2.00 bits per heavy atom. The predicted molar refractivity (Wildman–Crippen MR) is 67.9 cm³/mol. The van der Waals surface area contributed by atoms with Gasteiger partial charge in [-0.3, -0.25) is 4.79 Å². The van der Waals surface area contributed by atoms with Gasteiger partial charge in [0.1, 0.15) is 0 Å². The summed E-state index contributed by atoms with van der Waals surface area (Å²) < 4.78 is 0. The summed E-state index contributed by atoms with van der Waals surface area (Å²) in [5.41, 5.74) is 0. The number of carbonyl (C=O) groups is 1. The molecule has 1 heterocycles. The molecule has 1 saturated heterocycles. The lowest BCUT2D eigenvalue weighted by molar-refractivity contribution is -0.133. The largest absolute Gasteiger partial charge is 0.344 e. The summed E-state index contributed by atoms with van der Waals surface area (Å²) in [6.07, 6.45) is 7.42. The zero-order valence-corrected chi connectivity index (χ0v) is 10.9. The molecule has 0 spiro atoms. The highest BCUT2D eigenvalue weighted by molar-refractivity contribution is 5.85. The van der Waals surface area contributed by atoms with Crippen molar-refractivity contribution in [2.75, 3.05) is 20.1 Å². The van der Waals surface area contributed by atoms with Crippen LogP contribution in [0, 0.1) is 5.92 Å². The first-order valence-electron chi connectivity index (χ1n) is 6.26. The first kappa shape index (κ1) is 13.8. The minimum atomic E-state index is 0. The fourth-order valence-corrected chi connectivity index (χ4v) is 2.48. The summed E-state index contributed by atoms with van der Waals surface area (Å²) in [5, 5.41) is 3.32. The van der Waals surface area contributed by atoms with Crippen molar-refractivity contribution in [2.24, 2.45) is 5.92 Å². The highest BCUT2D eigenvalue weighted by Gasteiger charge is 2.26. The van der Waals surface area contributed by atoms with Crippen molar-refractivity contribution in [2.45, 2.75) is 44.6 Å². The summed E-state index contributed by atoms with van der Waals surface area (Å²) in [6, 6.07) is 0.101. The molecule has 0 radical (unpaired) electrons. The number of nitrogens with zero attached hydrogens (tertiary/aromatic N) is 1. The average Bonchev–Trinajstić information content (AvgIpc) is 2.23. The molecule has 3 nitrogen and oxygen atoms in total. The van der Waals surface area contributed by atoms with Crippen LogP contribution in [0.15, 0.2) is 0 Å². The Hall–Kier alpha value is -0.280. The number of rotatable bonds is 3. The fourth-order valence-electron chi connectivity index (χ4n) is 2.48. The molecule has 0 aromatic heterocycles. The molecule has 1 atom stereocenters. The lowest BCUT2D eigenvalue weighted by atomic mass is 9.85. The quantitative estimate of drug-likeness (QED) is 0.824. The summed E-state index contributed by atoms with van der Waals surface area (Å²) >= 11 is 0. The maximum Gasteiger partial charge on any atom is 0.239 e. The van der Waals surface area contributed by atoms with Crippen molar-refractivity contribution in [1.29, 1.82) is 0 Å². The third-order valence-electron chi connectivity index (χ3n) is 3.74. The molecule has 2 fully saturated rings. The summed E-state index contributed by atoms with van der Waals surface area (Å²) in [6.45, 7) is 1.98. The number of nitrogens with one attached hydrogen (secondary N) is 1. The van der Waals surface area contributed by atoms with Crippen molar-refractivity contribution in [3.05, 3.63) is 0 Å². The van der Waals surface area contributed by atoms with E-state index in [-0.39, 0.29) is 18.4 Å². The van der Waals surface area contributed by atoms with E-state index in [1.165, 1.54) is 32.1 Å².